The molecule has 0 saturated carbocycles. The first kappa shape index (κ1) is 8.32. The smallest absolute Gasteiger partial charge is 0.151 e. The molecular weight excluding hydrogens is 140 g/mol. The highest BCUT2D eigenvalue weighted by atomic mass is 16.5. The Morgan fingerprint density at radius 1 is 1.73 bits per heavy atom. The van der Waals surface area contributed by atoms with Gasteiger partial charge in [0.25, 0.3) is 0 Å². The Bertz CT molecular complexity index is 213. The lowest BCUT2D eigenvalue weighted by Crippen LogP contribution is -2.26. The first-order valence-corrected chi connectivity index (χ1v) is 3.61. The molecule has 0 aromatic carbocycles. The molecule has 2 heteroatoms. The third kappa shape index (κ3) is 2.38. The minimum Gasteiger partial charge on any atom is -0.377 e. The Morgan fingerprint density at radius 3 is 2.91 bits per heavy atom. The monoisotopic (exact) mass is 152 g/mol. The van der Waals surface area contributed by atoms with Crippen LogP contribution >= 0.6 is 0 Å². The van der Waals surface area contributed by atoms with Crippen molar-refractivity contribution in [2.75, 3.05) is 13.2 Å². The van der Waals surface area contributed by atoms with Crippen LogP contribution in [0.1, 0.15) is 13.3 Å². The van der Waals surface area contributed by atoms with Gasteiger partial charge < -0.3 is 9.84 Å². The fourth-order valence-corrected chi connectivity index (χ4v) is 0.876. The van der Waals surface area contributed by atoms with Crippen LogP contribution in [0.25, 0.3) is 0 Å². The van der Waals surface area contributed by atoms with E-state index in [1.54, 1.807) is 0 Å². The van der Waals surface area contributed by atoms with Crippen LogP contribution in [0.5, 0.6) is 0 Å². The van der Waals surface area contributed by atoms with Gasteiger partial charge in [0.15, 0.2) is 5.60 Å². The van der Waals surface area contributed by atoms with Gasteiger partial charge in [-0.3, -0.25) is 0 Å². The van der Waals surface area contributed by atoms with E-state index in [1.807, 2.05) is 6.92 Å². The predicted molar refractivity (Wildman–Crippen MR) is 43.0 cm³/mol. The molecule has 2 nitrogen and oxygen atoms in total. The van der Waals surface area contributed by atoms with Crippen molar-refractivity contribution in [2.24, 2.45) is 0 Å². The third-order valence-corrected chi connectivity index (χ3v) is 1.51. The molecule has 0 spiro atoms. The van der Waals surface area contributed by atoms with Crippen molar-refractivity contribution in [1.82, 2.24) is 0 Å². The van der Waals surface area contributed by atoms with Crippen LogP contribution in [-0.4, -0.2) is 23.9 Å². The minimum atomic E-state index is -0.918. The molecule has 1 aliphatic heterocycles. The first-order valence-electron chi connectivity index (χ1n) is 3.61. The van der Waals surface area contributed by atoms with E-state index >= 15 is 0 Å². The Hall–Kier alpha value is -0.780. The summed E-state index contributed by atoms with van der Waals surface area (Å²) >= 11 is 0. The molecule has 0 amide bonds. The molecule has 0 radical (unpaired) electrons. The van der Waals surface area contributed by atoms with Gasteiger partial charge in [-0.25, -0.2) is 0 Å². The van der Waals surface area contributed by atoms with E-state index in [9.17, 15) is 5.11 Å². The molecule has 0 bridgehead atoms. The van der Waals surface area contributed by atoms with Crippen molar-refractivity contribution in [3.63, 3.8) is 0 Å². The van der Waals surface area contributed by atoms with Crippen LogP contribution < -0.4 is 0 Å². The van der Waals surface area contributed by atoms with Gasteiger partial charge in [0.2, 0.25) is 0 Å². The summed E-state index contributed by atoms with van der Waals surface area (Å²) in [7, 11) is 0. The van der Waals surface area contributed by atoms with Gasteiger partial charge in [-0.2, -0.15) is 0 Å². The van der Waals surface area contributed by atoms with Gasteiger partial charge in [0.1, 0.15) is 0 Å². The molecule has 1 heterocycles. The van der Waals surface area contributed by atoms with Crippen molar-refractivity contribution >= 4 is 0 Å². The van der Waals surface area contributed by atoms with Gasteiger partial charge >= 0.3 is 0 Å². The van der Waals surface area contributed by atoms with E-state index in [-0.39, 0.29) is 0 Å². The predicted octanol–water partition coefficient (Wildman–Crippen LogP) is 0.717. The maximum absolute atomic E-state index is 9.60. The molecule has 0 aromatic rings. The summed E-state index contributed by atoms with van der Waals surface area (Å²) in [6, 6.07) is 0. The number of rotatable bonds is 0. The number of aliphatic hydroxyl groups is 1. The van der Waals surface area contributed by atoms with E-state index in [4.69, 9.17) is 4.74 Å². The van der Waals surface area contributed by atoms with E-state index in [1.165, 1.54) is 0 Å². The second kappa shape index (κ2) is 3.08. The zero-order valence-corrected chi connectivity index (χ0v) is 6.68. The van der Waals surface area contributed by atoms with Gasteiger partial charge in [-0.15, -0.1) is 0 Å². The average molecular weight is 152 g/mol. The summed E-state index contributed by atoms with van der Waals surface area (Å²) in [4.78, 5) is 0. The van der Waals surface area contributed by atoms with Crippen LogP contribution in [0.4, 0.5) is 0 Å². The van der Waals surface area contributed by atoms with Crippen molar-refractivity contribution in [3.8, 4) is 11.8 Å². The lowest BCUT2D eigenvalue weighted by atomic mass is 10.0. The third-order valence-electron chi connectivity index (χ3n) is 1.51. The highest BCUT2D eigenvalue weighted by molar-refractivity contribution is 5.28. The molecule has 0 aromatic heterocycles. The molecule has 60 valence electrons. The maximum atomic E-state index is 9.60. The second-order valence-electron chi connectivity index (χ2n) is 2.86. The first-order chi connectivity index (χ1) is 5.12. The molecular formula is C9H12O2. The summed E-state index contributed by atoms with van der Waals surface area (Å²) in [5, 5.41) is 9.60. The Balaban J connectivity index is 2.61. The van der Waals surface area contributed by atoms with Crippen LogP contribution in [0.3, 0.4) is 0 Å². The average Bonchev–Trinajstić information content (AvgIpc) is 2.33. The van der Waals surface area contributed by atoms with Crippen molar-refractivity contribution in [3.05, 3.63) is 12.2 Å². The normalized spacial score (nSPS) is 29.3. The summed E-state index contributed by atoms with van der Waals surface area (Å²) in [6.45, 7) is 6.36. The zero-order valence-electron chi connectivity index (χ0n) is 6.68. The number of hydrogen-bond acceptors (Lipinski definition) is 2. The van der Waals surface area contributed by atoms with E-state index < -0.39 is 5.60 Å². The van der Waals surface area contributed by atoms with Gasteiger partial charge in [0, 0.05) is 6.42 Å². The Kier molecular flexibility index (Phi) is 2.33. The largest absolute Gasteiger partial charge is 0.377 e. The van der Waals surface area contributed by atoms with Gasteiger partial charge in [-0.1, -0.05) is 18.4 Å². The lowest BCUT2D eigenvalue weighted by Gasteiger charge is -2.10. The molecule has 1 atom stereocenters. The molecule has 1 N–H and O–H groups in total. The molecule has 1 rings (SSSR count). The lowest BCUT2D eigenvalue weighted by molar-refractivity contribution is 0.0765. The molecule has 11 heavy (non-hydrogen) atoms. The zero-order chi connectivity index (χ0) is 8.32. The number of ether oxygens (including phenoxy) is 1. The Morgan fingerprint density at radius 2 is 2.45 bits per heavy atom. The highest BCUT2D eigenvalue weighted by Gasteiger charge is 2.29. The second-order valence-corrected chi connectivity index (χ2v) is 2.86. The van der Waals surface area contributed by atoms with E-state index in [0.717, 1.165) is 5.57 Å². The minimum absolute atomic E-state index is 0.327. The number of hydrogen-bond donors (Lipinski definition) is 1. The fourth-order valence-electron chi connectivity index (χ4n) is 0.876. The molecule has 1 unspecified atom stereocenters. The fraction of sp³-hybridized carbons (Fsp3) is 0.556. The van der Waals surface area contributed by atoms with Gasteiger partial charge in [0.05, 0.1) is 13.2 Å². The quantitative estimate of drug-likeness (QED) is 0.518. The summed E-state index contributed by atoms with van der Waals surface area (Å²) in [6.07, 6.45) is 0.604. The summed E-state index contributed by atoms with van der Waals surface area (Å²) in [5.74, 6) is 5.49. The van der Waals surface area contributed by atoms with Gasteiger partial charge in [-0.05, 0) is 12.5 Å². The summed E-state index contributed by atoms with van der Waals surface area (Å²) < 4.78 is 5.01. The van der Waals surface area contributed by atoms with E-state index in [2.05, 4.69) is 18.4 Å². The number of allylic oxidation sites excluding steroid dienone is 1. The summed E-state index contributed by atoms with van der Waals surface area (Å²) in [5.41, 5.74) is -0.149. The molecule has 1 fully saturated rings. The van der Waals surface area contributed by atoms with Crippen LogP contribution in [0, 0.1) is 11.8 Å². The SMILES string of the molecule is C=C(C)C#CC1(O)CCOC1. The highest BCUT2D eigenvalue weighted by Crippen LogP contribution is 2.16. The molecule has 1 saturated heterocycles. The maximum Gasteiger partial charge on any atom is 0.151 e. The molecule has 0 aliphatic carbocycles. The van der Waals surface area contributed by atoms with Crippen molar-refractivity contribution in [1.29, 1.82) is 0 Å². The standard InChI is InChI=1S/C9H12O2/c1-8(2)3-4-9(10)5-6-11-7-9/h10H,1,5-7H2,2H3. The van der Waals surface area contributed by atoms with Crippen LogP contribution in [0.15, 0.2) is 12.2 Å². The van der Waals surface area contributed by atoms with Crippen molar-refractivity contribution in [2.45, 2.75) is 18.9 Å². The Labute approximate surface area is 66.9 Å². The van der Waals surface area contributed by atoms with Crippen LogP contribution in [0.2, 0.25) is 0 Å². The molecule has 1 aliphatic rings. The van der Waals surface area contributed by atoms with E-state index in [0.29, 0.717) is 19.6 Å². The van der Waals surface area contributed by atoms with Crippen LogP contribution in [-0.2, 0) is 4.74 Å². The topological polar surface area (TPSA) is 29.5 Å². The van der Waals surface area contributed by atoms with Crippen molar-refractivity contribution < 1.29 is 9.84 Å².